The van der Waals surface area contributed by atoms with E-state index in [1.54, 1.807) is 18.2 Å². The van der Waals surface area contributed by atoms with Gasteiger partial charge in [0.1, 0.15) is 5.75 Å². The molecule has 0 spiro atoms. The number of likely N-dealkylation sites (N-methyl/N-ethyl adjacent to an activating group) is 1. The molecule has 1 aromatic carbocycles. The van der Waals surface area contributed by atoms with Crippen LogP contribution in [0.5, 0.6) is 5.75 Å². The number of aromatic nitrogens is 1. The lowest BCUT2D eigenvalue weighted by molar-refractivity contribution is 0.0717. The summed E-state index contributed by atoms with van der Waals surface area (Å²) in [6.07, 6.45) is -0.0696. The summed E-state index contributed by atoms with van der Waals surface area (Å²) in [4.78, 5) is 15.9. The van der Waals surface area contributed by atoms with E-state index in [0.29, 0.717) is 11.1 Å². The first-order valence-electron chi connectivity index (χ1n) is 6.65. The zero-order valence-electron chi connectivity index (χ0n) is 11.9. The molecule has 5 heteroatoms. The molecule has 20 heavy (non-hydrogen) atoms. The van der Waals surface area contributed by atoms with E-state index in [9.17, 15) is 15.0 Å². The minimum absolute atomic E-state index is 0.0620. The number of hydrogen-bond acceptors (Lipinski definition) is 4. The molecule has 2 rings (SSSR count). The van der Waals surface area contributed by atoms with E-state index in [1.807, 2.05) is 25.9 Å². The van der Waals surface area contributed by atoms with E-state index in [0.717, 1.165) is 11.8 Å². The van der Waals surface area contributed by atoms with E-state index in [2.05, 4.69) is 4.98 Å². The molecule has 0 saturated carbocycles. The number of H-pyrrole nitrogens is 1. The third-order valence-corrected chi connectivity index (χ3v) is 3.67. The standard InChI is InChI=1S/C15H20N2O3/c1-4-11(17(2)3)14(19)10-7-5-9-6-8-12(18)16-13(9)15(10)20/h5-8,11,14,19-20H,4H2,1-3H3,(H,16,18). The summed E-state index contributed by atoms with van der Waals surface area (Å²) < 4.78 is 0. The summed E-state index contributed by atoms with van der Waals surface area (Å²) in [5.74, 6) is -0.0620. The topological polar surface area (TPSA) is 76.6 Å². The highest BCUT2D eigenvalue weighted by atomic mass is 16.3. The maximum absolute atomic E-state index is 11.4. The summed E-state index contributed by atoms with van der Waals surface area (Å²) >= 11 is 0. The molecule has 0 aliphatic carbocycles. The van der Waals surface area contributed by atoms with Crippen LogP contribution < -0.4 is 5.56 Å². The number of aliphatic hydroxyl groups is 1. The van der Waals surface area contributed by atoms with Crippen LogP contribution >= 0.6 is 0 Å². The Balaban J connectivity index is 2.55. The van der Waals surface area contributed by atoms with E-state index in [-0.39, 0.29) is 17.4 Å². The van der Waals surface area contributed by atoms with Crippen LogP contribution in [0.25, 0.3) is 10.9 Å². The Kier molecular flexibility index (Phi) is 4.11. The van der Waals surface area contributed by atoms with E-state index in [1.165, 1.54) is 6.07 Å². The van der Waals surface area contributed by atoms with Gasteiger partial charge in [0.15, 0.2) is 0 Å². The quantitative estimate of drug-likeness (QED) is 0.793. The van der Waals surface area contributed by atoms with Crippen molar-refractivity contribution in [3.8, 4) is 5.75 Å². The second-order valence-electron chi connectivity index (χ2n) is 5.17. The number of pyridine rings is 1. The number of aromatic amines is 1. The number of nitrogens with zero attached hydrogens (tertiary/aromatic N) is 1. The third-order valence-electron chi connectivity index (χ3n) is 3.67. The highest BCUT2D eigenvalue weighted by Crippen LogP contribution is 2.33. The first kappa shape index (κ1) is 14.6. The molecule has 1 heterocycles. The van der Waals surface area contributed by atoms with E-state index < -0.39 is 6.10 Å². The number of nitrogens with one attached hydrogen (secondary N) is 1. The van der Waals surface area contributed by atoms with Crippen LogP contribution in [0.4, 0.5) is 0 Å². The minimum atomic E-state index is -0.817. The monoisotopic (exact) mass is 276 g/mol. The number of aliphatic hydroxyl groups excluding tert-OH is 1. The molecule has 2 unspecified atom stereocenters. The first-order chi connectivity index (χ1) is 9.45. The smallest absolute Gasteiger partial charge is 0.248 e. The predicted octanol–water partition coefficient (Wildman–Crippen LogP) is 1.61. The molecule has 0 bridgehead atoms. The average Bonchev–Trinajstić information content (AvgIpc) is 2.40. The third kappa shape index (κ3) is 2.55. The van der Waals surface area contributed by atoms with Gasteiger partial charge in [0, 0.05) is 23.1 Å². The molecule has 1 aromatic heterocycles. The molecule has 0 aliphatic rings. The Morgan fingerprint density at radius 3 is 2.50 bits per heavy atom. The van der Waals surface area contributed by atoms with Crippen molar-refractivity contribution in [1.82, 2.24) is 9.88 Å². The molecule has 0 aliphatic heterocycles. The SMILES string of the molecule is CCC(C(O)c1ccc2ccc(=O)[nH]c2c1O)N(C)C. The highest BCUT2D eigenvalue weighted by molar-refractivity contribution is 5.85. The van der Waals surface area contributed by atoms with Crippen molar-refractivity contribution >= 4 is 10.9 Å². The number of benzene rings is 1. The molecule has 0 saturated heterocycles. The molecule has 2 atom stereocenters. The Morgan fingerprint density at radius 1 is 1.25 bits per heavy atom. The van der Waals surface area contributed by atoms with Gasteiger partial charge in [0.2, 0.25) is 5.56 Å². The van der Waals surface area contributed by atoms with Crippen molar-refractivity contribution in [3.63, 3.8) is 0 Å². The van der Waals surface area contributed by atoms with Gasteiger partial charge in [0.05, 0.1) is 11.6 Å². The fourth-order valence-corrected chi connectivity index (χ4v) is 2.54. The number of fused-ring (bicyclic) bond motifs is 1. The van der Waals surface area contributed by atoms with Crippen LogP contribution in [0.15, 0.2) is 29.1 Å². The van der Waals surface area contributed by atoms with Crippen molar-refractivity contribution in [2.45, 2.75) is 25.5 Å². The molecular formula is C15H20N2O3. The van der Waals surface area contributed by atoms with Gasteiger partial charge in [0.25, 0.3) is 0 Å². The van der Waals surface area contributed by atoms with Crippen LogP contribution in [0.2, 0.25) is 0 Å². The van der Waals surface area contributed by atoms with Crippen molar-refractivity contribution in [2.75, 3.05) is 14.1 Å². The number of aromatic hydroxyl groups is 1. The average molecular weight is 276 g/mol. The van der Waals surface area contributed by atoms with Gasteiger partial charge >= 0.3 is 0 Å². The Bertz CT molecular complexity index is 664. The second kappa shape index (κ2) is 5.64. The molecule has 3 N–H and O–H groups in total. The Labute approximate surface area is 117 Å². The van der Waals surface area contributed by atoms with Crippen molar-refractivity contribution in [1.29, 1.82) is 0 Å². The van der Waals surface area contributed by atoms with Crippen molar-refractivity contribution in [3.05, 3.63) is 40.2 Å². The second-order valence-corrected chi connectivity index (χ2v) is 5.17. The van der Waals surface area contributed by atoms with Crippen LogP contribution in [-0.4, -0.2) is 40.2 Å². The summed E-state index contributed by atoms with van der Waals surface area (Å²) in [6, 6.07) is 6.44. The molecule has 108 valence electrons. The minimum Gasteiger partial charge on any atom is -0.505 e. The van der Waals surface area contributed by atoms with Crippen molar-refractivity contribution in [2.24, 2.45) is 0 Å². The van der Waals surface area contributed by atoms with Gasteiger partial charge in [-0.1, -0.05) is 19.1 Å². The van der Waals surface area contributed by atoms with Gasteiger partial charge in [-0.05, 0) is 26.6 Å². The predicted molar refractivity (Wildman–Crippen MR) is 79.0 cm³/mol. The summed E-state index contributed by atoms with van der Waals surface area (Å²) in [5, 5.41) is 21.5. The van der Waals surface area contributed by atoms with Crippen LogP contribution in [0, 0.1) is 0 Å². The lowest BCUT2D eigenvalue weighted by atomic mass is 9.97. The number of hydrogen-bond donors (Lipinski definition) is 3. The number of phenolic OH excluding ortho intramolecular Hbond substituents is 1. The molecule has 5 nitrogen and oxygen atoms in total. The van der Waals surface area contributed by atoms with E-state index in [4.69, 9.17) is 0 Å². The maximum atomic E-state index is 11.4. The Morgan fingerprint density at radius 2 is 1.90 bits per heavy atom. The summed E-state index contributed by atoms with van der Waals surface area (Å²) in [7, 11) is 3.77. The summed E-state index contributed by atoms with van der Waals surface area (Å²) in [5.41, 5.74) is 0.515. The molecule has 0 amide bonds. The van der Waals surface area contributed by atoms with Gasteiger partial charge in [-0.3, -0.25) is 4.79 Å². The maximum Gasteiger partial charge on any atom is 0.248 e. The van der Waals surface area contributed by atoms with Crippen LogP contribution in [-0.2, 0) is 0 Å². The normalized spacial score (nSPS) is 14.7. The van der Waals surface area contributed by atoms with Crippen molar-refractivity contribution < 1.29 is 10.2 Å². The van der Waals surface area contributed by atoms with Crippen LogP contribution in [0.3, 0.4) is 0 Å². The van der Waals surface area contributed by atoms with Gasteiger partial charge in [-0.25, -0.2) is 0 Å². The lowest BCUT2D eigenvalue weighted by Crippen LogP contribution is -2.33. The molecular weight excluding hydrogens is 256 g/mol. The highest BCUT2D eigenvalue weighted by Gasteiger charge is 2.24. The molecule has 0 radical (unpaired) electrons. The largest absolute Gasteiger partial charge is 0.505 e. The van der Waals surface area contributed by atoms with Gasteiger partial charge < -0.3 is 20.1 Å². The fraction of sp³-hybridized carbons (Fsp3) is 0.400. The fourth-order valence-electron chi connectivity index (χ4n) is 2.54. The zero-order valence-corrected chi connectivity index (χ0v) is 11.9. The molecule has 2 aromatic rings. The first-order valence-corrected chi connectivity index (χ1v) is 6.65. The Hall–Kier alpha value is -1.85. The number of rotatable bonds is 4. The molecule has 0 fully saturated rings. The van der Waals surface area contributed by atoms with Gasteiger partial charge in [-0.2, -0.15) is 0 Å². The van der Waals surface area contributed by atoms with Crippen LogP contribution in [0.1, 0.15) is 25.0 Å². The van der Waals surface area contributed by atoms with Gasteiger partial charge in [-0.15, -0.1) is 0 Å². The zero-order chi connectivity index (χ0) is 14.9. The number of phenols is 1. The van der Waals surface area contributed by atoms with E-state index >= 15 is 0 Å². The lowest BCUT2D eigenvalue weighted by Gasteiger charge is -2.28. The summed E-state index contributed by atoms with van der Waals surface area (Å²) in [6.45, 7) is 1.98.